The largest absolute Gasteiger partial charge is 0.491 e. The molecule has 3 heterocycles. The quantitative estimate of drug-likeness (QED) is 0.540. The van der Waals surface area contributed by atoms with Crippen LogP contribution >= 0.6 is 0 Å². The van der Waals surface area contributed by atoms with E-state index in [4.69, 9.17) is 9.26 Å². The number of rotatable bonds is 9. The third kappa shape index (κ3) is 5.20. The van der Waals surface area contributed by atoms with E-state index in [1.54, 1.807) is 12.1 Å². The lowest BCUT2D eigenvalue weighted by Gasteiger charge is -2.31. The van der Waals surface area contributed by atoms with Crippen LogP contribution < -0.4 is 9.64 Å². The molecule has 2 atom stereocenters. The van der Waals surface area contributed by atoms with Crippen molar-refractivity contribution >= 4 is 11.9 Å². The lowest BCUT2D eigenvalue weighted by Crippen LogP contribution is -2.42. The van der Waals surface area contributed by atoms with E-state index in [9.17, 15) is 9.18 Å². The highest BCUT2D eigenvalue weighted by Crippen LogP contribution is 2.50. The molecule has 8 heteroatoms. The standard InChI is InChI=1S/C26H35FN4O3/c1-17(2)25-28-26(34-29-25)31-11-6-19(7-12-31)21-16-20(21)8-13-33-23-5-4-18(14-22(23)27)15-24(32)30-9-3-10-30/h4-5,14,17,19-21H,3,6-13,15-16H2,1-2H3. The van der Waals surface area contributed by atoms with Crippen molar-refractivity contribution in [3.05, 3.63) is 35.4 Å². The molecule has 0 radical (unpaired) electrons. The van der Waals surface area contributed by atoms with Gasteiger partial charge in [0, 0.05) is 32.1 Å². The van der Waals surface area contributed by atoms with Crippen molar-refractivity contribution in [2.45, 2.75) is 58.3 Å². The van der Waals surface area contributed by atoms with Gasteiger partial charge in [0.1, 0.15) is 0 Å². The Kier molecular flexibility index (Phi) is 6.75. The zero-order valence-corrected chi connectivity index (χ0v) is 20.2. The molecule has 2 aliphatic heterocycles. The Labute approximate surface area is 200 Å². The molecule has 1 saturated carbocycles. The van der Waals surface area contributed by atoms with Crippen molar-refractivity contribution in [1.82, 2.24) is 15.0 Å². The molecule has 7 nitrogen and oxygen atoms in total. The number of hydrogen-bond donors (Lipinski definition) is 0. The van der Waals surface area contributed by atoms with Gasteiger partial charge in [-0.05, 0) is 67.6 Å². The smallest absolute Gasteiger partial charge is 0.324 e. The van der Waals surface area contributed by atoms with Gasteiger partial charge in [-0.15, -0.1) is 0 Å². The van der Waals surface area contributed by atoms with Gasteiger partial charge in [0.05, 0.1) is 13.0 Å². The maximum Gasteiger partial charge on any atom is 0.324 e. The number of likely N-dealkylation sites (tertiary alicyclic amines) is 1. The first kappa shape index (κ1) is 23.1. The summed E-state index contributed by atoms with van der Waals surface area (Å²) in [4.78, 5) is 20.6. The Bertz CT molecular complexity index is 998. The minimum Gasteiger partial charge on any atom is -0.491 e. The van der Waals surface area contributed by atoms with Crippen molar-refractivity contribution in [3.63, 3.8) is 0 Å². The Morgan fingerprint density at radius 1 is 1.24 bits per heavy atom. The molecule has 0 spiro atoms. The number of benzene rings is 1. The van der Waals surface area contributed by atoms with Crippen LogP contribution in [0.3, 0.4) is 0 Å². The average Bonchev–Trinajstić information content (AvgIpc) is 3.36. The molecule has 0 bridgehead atoms. The summed E-state index contributed by atoms with van der Waals surface area (Å²) >= 11 is 0. The van der Waals surface area contributed by atoms with Crippen LogP contribution in [0.5, 0.6) is 5.75 Å². The molecular weight excluding hydrogens is 435 g/mol. The van der Waals surface area contributed by atoms with Crippen LogP contribution in [-0.2, 0) is 11.2 Å². The lowest BCUT2D eigenvalue weighted by molar-refractivity contribution is -0.133. The van der Waals surface area contributed by atoms with Crippen LogP contribution in [0, 0.1) is 23.6 Å². The van der Waals surface area contributed by atoms with Gasteiger partial charge in [0.25, 0.3) is 0 Å². The minimum absolute atomic E-state index is 0.0716. The average molecular weight is 471 g/mol. The molecule has 0 N–H and O–H groups in total. The lowest BCUT2D eigenvalue weighted by atomic mass is 9.90. The fourth-order valence-electron chi connectivity index (χ4n) is 5.23. The molecule has 34 heavy (non-hydrogen) atoms. The number of carbonyl (C=O) groups is 1. The van der Waals surface area contributed by atoms with Crippen LogP contribution in [0.15, 0.2) is 22.7 Å². The highest BCUT2D eigenvalue weighted by atomic mass is 19.1. The number of carbonyl (C=O) groups excluding carboxylic acids is 1. The summed E-state index contributed by atoms with van der Waals surface area (Å²) in [5, 5.41) is 4.08. The summed E-state index contributed by atoms with van der Waals surface area (Å²) in [6.45, 7) is 8.23. The van der Waals surface area contributed by atoms with Crippen LogP contribution in [0.1, 0.15) is 63.3 Å². The molecular formula is C26H35FN4O3. The van der Waals surface area contributed by atoms with E-state index in [-0.39, 0.29) is 29.8 Å². The molecule has 2 aromatic rings. The maximum atomic E-state index is 14.5. The molecule has 2 unspecified atom stereocenters. The summed E-state index contributed by atoms with van der Waals surface area (Å²) in [7, 11) is 0. The van der Waals surface area contributed by atoms with Gasteiger partial charge >= 0.3 is 6.01 Å². The fraction of sp³-hybridized carbons (Fsp3) is 0.654. The van der Waals surface area contributed by atoms with Crippen LogP contribution in [0.2, 0.25) is 0 Å². The third-order valence-electron chi connectivity index (χ3n) is 7.65. The Balaban J connectivity index is 1.02. The monoisotopic (exact) mass is 470 g/mol. The Morgan fingerprint density at radius 2 is 2.03 bits per heavy atom. The summed E-state index contributed by atoms with van der Waals surface area (Å²) in [6, 6.07) is 5.56. The highest BCUT2D eigenvalue weighted by Gasteiger charge is 2.43. The van der Waals surface area contributed by atoms with E-state index in [2.05, 4.69) is 28.9 Å². The van der Waals surface area contributed by atoms with E-state index < -0.39 is 0 Å². The number of amides is 1. The van der Waals surface area contributed by atoms with Crippen molar-refractivity contribution in [2.75, 3.05) is 37.7 Å². The first-order valence-electron chi connectivity index (χ1n) is 12.8. The van der Waals surface area contributed by atoms with E-state index in [0.717, 1.165) is 69.5 Å². The molecule has 5 rings (SSSR count). The minimum atomic E-state index is -0.379. The van der Waals surface area contributed by atoms with E-state index >= 15 is 0 Å². The van der Waals surface area contributed by atoms with Crippen molar-refractivity contribution in [3.8, 4) is 5.75 Å². The number of piperidine rings is 1. The van der Waals surface area contributed by atoms with Gasteiger partial charge in [-0.3, -0.25) is 4.79 Å². The predicted octanol–water partition coefficient (Wildman–Crippen LogP) is 4.43. The summed E-state index contributed by atoms with van der Waals surface area (Å²) in [5.41, 5.74) is 0.705. The second kappa shape index (κ2) is 9.92. The molecule has 1 aliphatic carbocycles. The molecule has 1 aromatic heterocycles. The summed E-state index contributed by atoms with van der Waals surface area (Å²) in [5.74, 6) is 3.17. The van der Waals surface area contributed by atoms with E-state index in [1.807, 2.05) is 4.90 Å². The zero-order valence-electron chi connectivity index (χ0n) is 20.2. The van der Waals surface area contributed by atoms with E-state index in [1.165, 1.54) is 12.5 Å². The second-order valence-corrected chi connectivity index (χ2v) is 10.4. The molecule has 3 aliphatic rings. The number of aromatic nitrogens is 2. The van der Waals surface area contributed by atoms with Gasteiger partial charge in [0.15, 0.2) is 17.4 Å². The first-order valence-corrected chi connectivity index (χ1v) is 12.8. The third-order valence-corrected chi connectivity index (χ3v) is 7.65. The van der Waals surface area contributed by atoms with Crippen molar-refractivity contribution in [2.24, 2.45) is 17.8 Å². The predicted molar refractivity (Wildman–Crippen MR) is 126 cm³/mol. The molecule has 2 saturated heterocycles. The SMILES string of the molecule is CC(C)c1noc(N2CCC(C3CC3CCOc3ccc(CC(=O)N4CCC4)cc3F)CC2)n1. The molecule has 1 amide bonds. The van der Waals surface area contributed by atoms with Gasteiger partial charge in [-0.1, -0.05) is 25.1 Å². The topological polar surface area (TPSA) is 71.7 Å². The van der Waals surface area contributed by atoms with Gasteiger partial charge in [-0.25, -0.2) is 4.39 Å². The maximum absolute atomic E-state index is 14.5. The van der Waals surface area contributed by atoms with Crippen LogP contribution in [0.4, 0.5) is 10.4 Å². The Hall–Kier alpha value is -2.64. The zero-order chi connectivity index (χ0) is 23.7. The molecule has 1 aromatic carbocycles. The number of anilines is 1. The first-order chi connectivity index (χ1) is 16.5. The number of halogens is 1. The van der Waals surface area contributed by atoms with Gasteiger partial charge in [0.2, 0.25) is 5.91 Å². The van der Waals surface area contributed by atoms with Gasteiger partial charge < -0.3 is 19.1 Å². The van der Waals surface area contributed by atoms with Crippen molar-refractivity contribution < 1.29 is 18.4 Å². The highest BCUT2D eigenvalue weighted by molar-refractivity contribution is 5.79. The second-order valence-electron chi connectivity index (χ2n) is 10.4. The Morgan fingerprint density at radius 3 is 2.68 bits per heavy atom. The number of nitrogens with zero attached hydrogens (tertiary/aromatic N) is 4. The van der Waals surface area contributed by atoms with E-state index in [0.29, 0.717) is 24.1 Å². The van der Waals surface area contributed by atoms with Crippen molar-refractivity contribution in [1.29, 1.82) is 0 Å². The van der Waals surface area contributed by atoms with Crippen LogP contribution in [-0.4, -0.2) is 53.7 Å². The summed E-state index contributed by atoms with van der Waals surface area (Å²) in [6.07, 6.45) is 5.81. The van der Waals surface area contributed by atoms with Gasteiger partial charge in [-0.2, -0.15) is 4.98 Å². The summed E-state index contributed by atoms with van der Waals surface area (Å²) < 4.78 is 25.7. The fourth-order valence-corrected chi connectivity index (χ4v) is 5.23. The number of hydrogen-bond acceptors (Lipinski definition) is 6. The normalized spacial score (nSPS) is 22.7. The molecule has 184 valence electrons. The molecule has 3 fully saturated rings. The van der Waals surface area contributed by atoms with Crippen LogP contribution in [0.25, 0.3) is 0 Å². The number of ether oxygens (including phenoxy) is 1.